The molecule has 0 heterocycles. The van der Waals surface area contributed by atoms with Crippen LogP contribution in [0.2, 0.25) is 0 Å². The van der Waals surface area contributed by atoms with Crippen LogP contribution < -0.4 is 0 Å². The molecule has 2 nitrogen and oxygen atoms in total. The van der Waals surface area contributed by atoms with Gasteiger partial charge in [-0.05, 0) is 12.8 Å². The Morgan fingerprint density at radius 2 is 2.25 bits per heavy atom. The normalized spacial score (nSPS) is 10.5. The average molecular weight is 169 g/mol. The van der Waals surface area contributed by atoms with Crippen LogP contribution in [0, 0.1) is 6.92 Å². The lowest BCUT2D eigenvalue weighted by atomic mass is 10.3. The minimum atomic E-state index is -0.235. The number of ether oxygens (including phenoxy) is 1. The molecular weight excluding hydrogens is 152 g/mol. The Labute approximate surface area is 74.6 Å². The standard InChI is InChI=1S/C10H17O2/c1-3-5-7-9-12-10(11)8-6-4-2/h6,8H,1,3-5,7,9H2,2H3. The summed E-state index contributed by atoms with van der Waals surface area (Å²) in [6.45, 7) is 6.19. The maximum absolute atomic E-state index is 10.8. The van der Waals surface area contributed by atoms with Gasteiger partial charge in [0.05, 0.1) is 6.61 Å². The molecular formula is C10H17O2. The number of allylic oxidation sites excluding steroid dienone is 1. The van der Waals surface area contributed by atoms with Gasteiger partial charge in [-0.2, -0.15) is 0 Å². The highest BCUT2D eigenvalue weighted by atomic mass is 16.5. The Morgan fingerprint density at radius 1 is 1.50 bits per heavy atom. The summed E-state index contributed by atoms with van der Waals surface area (Å²) in [5.74, 6) is -0.235. The second kappa shape index (κ2) is 8.31. The Hall–Kier alpha value is -0.790. The topological polar surface area (TPSA) is 26.3 Å². The molecule has 2 heteroatoms. The fraction of sp³-hybridized carbons (Fsp3) is 0.600. The van der Waals surface area contributed by atoms with Gasteiger partial charge in [-0.15, -0.1) is 0 Å². The first-order valence-electron chi connectivity index (χ1n) is 4.43. The first-order valence-corrected chi connectivity index (χ1v) is 4.43. The van der Waals surface area contributed by atoms with E-state index in [1.807, 2.05) is 6.92 Å². The zero-order valence-electron chi connectivity index (χ0n) is 7.71. The molecule has 0 aromatic heterocycles. The zero-order chi connectivity index (χ0) is 9.23. The van der Waals surface area contributed by atoms with E-state index >= 15 is 0 Å². The Bertz CT molecular complexity index is 139. The monoisotopic (exact) mass is 169 g/mol. The second-order valence-corrected chi connectivity index (χ2v) is 2.54. The van der Waals surface area contributed by atoms with Crippen molar-refractivity contribution in [2.24, 2.45) is 0 Å². The summed E-state index contributed by atoms with van der Waals surface area (Å²) in [5, 5.41) is 0. The van der Waals surface area contributed by atoms with Crippen LogP contribution in [0.15, 0.2) is 12.2 Å². The fourth-order valence-electron chi connectivity index (χ4n) is 0.714. The maximum atomic E-state index is 10.8. The summed E-state index contributed by atoms with van der Waals surface area (Å²) in [4.78, 5) is 10.8. The summed E-state index contributed by atoms with van der Waals surface area (Å²) >= 11 is 0. The largest absolute Gasteiger partial charge is 0.463 e. The number of esters is 1. The second-order valence-electron chi connectivity index (χ2n) is 2.54. The van der Waals surface area contributed by atoms with Crippen molar-refractivity contribution in [2.45, 2.75) is 32.6 Å². The van der Waals surface area contributed by atoms with Gasteiger partial charge in [-0.25, -0.2) is 4.79 Å². The van der Waals surface area contributed by atoms with Gasteiger partial charge in [0, 0.05) is 6.08 Å². The quantitative estimate of drug-likeness (QED) is 0.347. The number of carbonyl (C=O) groups excluding carboxylic acids is 1. The van der Waals surface area contributed by atoms with E-state index in [9.17, 15) is 4.79 Å². The lowest BCUT2D eigenvalue weighted by Crippen LogP contribution is -2.01. The van der Waals surface area contributed by atoms with E-state index in [2.05, 4.69) is 6.92 Å². The molecule has 0 aromatic carbocycles. The molecule has 0 aliphatic rings. The van der Waals surface area contributed by atoms with E-state index in [1.165, 1.54) is 6.08 Å². The zero-order valence-corrected chi connectivity index (χ0v) is 7.71. The van der Waals surface area contributed by atoms with E-state index in [0.717, 1.165) is 25.7 Å². The summed E-state index contributed by atoms with van der Waals surface area (Å²) < 4.78 is 4.89. The molecule has 69 valence electrons. The minimum absolute atomic E-state index is 0.235. The molecule has 0 rings (SSSR count). The average Bonchev–Trinajstić information content (AvgIpc) is 2.09. The number of carbonyl (C=O) groups is 1. The number of unbranched alkanes of at least 4 members (excludes halogenated alkanes) is 2. The van der Waals surface area contributed by atoms with Crippen molar-refractivity contribution >= 4 is 5.97 Å². The van der Waals surface area contributed by atoms with Gasteiger partial charge in [0.1, 0.15) is 0 Å². The third-order valence-corrected chi connectivity index (χ3v) is 1.38. The van der Waals surface area contributed by atoms with Gasteiger partial charge in [-0.1, -0.05) is 32.8 Å². The minimum Gasteiger partial charge on any atom is -0.463 e. The number of rotatable bonds is 6. The van der Waals surface area contributed by atoms with Crippen molar-refractivity contribution in [1.82, 2.24) is 0 Å². The van der Waals surface area contributed by atoms with Gasteiger partial charge in [0.2, 0.25) is 0 Å². The van der Waals surface area contributed by atoms with Gasteiger partial charge in [-0.3, -0.25) is 0 Å². The van der Waals surface area contributed by atoms with Crippen LogP contribution in [0.3, 0.4) is 0 Å². The van der Waals surface area contributed by atoms with Crippen molar-refractivity contribution in [1.29, 1.82) is 0 Å². The highest BCUT2D eigenvalue weighted by molar-refractivity contribution is 5.81. The lowest BCUT2D eigenvalue weighted by Gasteiger charge is -1.99. The van der Waals surface area contributed by atoms with E-state index in [1.54, 1.807) is 6.08 Å². The Balaban J connectivity index is 3.25. The Morgan fingerprint density at radius 3 is 2.83 bits per heavy atom. The van der Waals surface area contributed by atoms with E-state index in [4.69, 9.17) is 4.74 Å². The predicted octanol–water partition coefficient (Wildman–Crippen LogP) is 2.50. The molecule has 0 fully saturated rings. The highest BCUT2D eigenvalue weighted by Crippen LogP contribution is 1.94. The molecule has 0 spiro atoms. The highest BCUT2D eigenvalue weighted by Gasteiger charge is 1.94. The first kappa shape index (κ1) is 11.2. The molecule has 0 aliphatic heterocycles. The van der Waals surface area contributed by atoms with Crippen LogP contribution in [-0.4, -0.2) is 12.6 Å². The molecule has 0 amide bonds. The van der Waals surface area contributed by atoms with Gasteiger partial charge < -0.3 is 4.74 Å². The first-order chi connectivity index (χ1) is 5.81. The summed E-state index contributed by atoms with van der Waals surface area (Å²) in [6.07, 6.45) is 6.98. The smallest absolute Gasteiger partial charge is 0.330 e. The predicted molar refractivity (Wildman–Crippen MR) is 49.6 cm³/mol. The number of hydrogen-bond donors (Lipinski definition) is 0. The molecule has 0 saturated carbocycles. The molecule has 0 aliphatic carbocycles. The third kappa shape index (κ3) is 7.32. The summed E-state index contributed by atoms with van der Waals surface area (Å²) in [5.41, 5.74) is 0. The van der Waals surface area contributed by atoms with Crippen LogP contribution in [0.5, 0.6) is 0 Å². The van der Waals surface area contributed by atoms with Crippen molar-refractivity contribution in [2.75, 3.05) is 6.61 Å². The van der Waals surface area contributed by atoms with Crippen molar-refractivity contribution in [3.8, 4) is 0 Å². The fourth-order valence-corrected chi connectivity index (χ4v) is 0.714. The molecule has 0 aromatic rings. The van der Waals surface area contributed by atoms with E-state index in [-0.39, 0.29) is 5.97 Å². The molecule has 0 unspecified atom stereocenters. The molecule has 0 bridgehead atoms. The van der Waals surface area contributed by atoms with Crippen LogP contribution in [0.4, 0.5) is 0 Å². The van der Waals surface area contributed by atoms with Crippen LogP contribution >= 0.6 is 0 Å². The van der Waals surface area contributed by atoms with Crippen molar-refractivity contribution in [3.05, 3.63) is 19.1 Å². The molecule has 1 radical (unpaired) electrons. The Kier molecular flexibility index (Phi) is 7.76. The molecule has 12 heavy (non-hydrogen) atoms. The van der Waals surface area contributed by atoms with Gasteiger partial charge in [0.15, 0.2) is 0 Å². The summed E-state index contributed by atoms with van der Waals surface area (Å²) in [7, 11) is 0. The van der Waals surface area contributed by atoms with E-state index < -0.39 is 0 Å². The third-order valence-electron chi connectivity index (χ3n) is 1.38. The van der Waals surface area contributed by atoms with Crippen LogP contribution in [0.25, 0.3) is 0 Å². The molecule has 0 N–H and O–H groups in total. The van der Waals surface area contributed by atoms with Gasteiger partial charge in [0.25, 0.3) is 0 Å². The van der Waals surface area contributed by atoms with Crippen molar-refractivity contribution < 1.29 is 9.53 Å². The number of hydrogen-bond acceptors (Lipinski definition) is 2. The molecule has 0 atom stereocenters. The van der Waals surface area contributed by atoms with Crippen LogP contribution in [0.1, 0.15) is 32.6 Å². The van der Waals surface area contributed by atoms with Crippen LogP contribution in [-0.2, 0) is 9.53 Å². The summed E-state index contributed by atoms with van der Waals surface area (Å²) in [6, 6.07) is 0. The van der Waals surface area contributed by atoms with Gasteiger partial charge >= 0.3 is 5.97 Å². The van der Waals surface area contributed by atoms with E-state index in [0.29, 0.717) is 6.61 Å². The molecule has 0 saturated heterocycles. The SMILES string of the molecule is [CH2]CCCCOC(=O)C=CCC. The lowest BCUT2D eigenvalue weighted by molar-refractivity contribution is -0.137. The maximum Gasteiger partial charge on any atom is 0.330 e. The van der Waals surface area contributed by atoms with Crippen molar-refractivity contribution in [3.63, 3.8) is 0 Å².